The largest absolute Gasteiger partial charge is 0.437 e. The summed E-state index contributed by atoms with van der Waals surface area (Å²) < 4.78 is 7.91. The molecule has 1 aliphatic heterocycles. The topological polar surface area (TPSA) is 63.9 Å². The molecule has 1 saturated heterocycles. The monoisotopic (exact) mass is 533 g/mol. The van der Waals surface area contributed by atoms with Crippen LogP contribution in [0.25, 0.3) is 11.7 Å². The van der Waals surface area contributed by atoms with E-state index in [0.29, 0.717) is 38.6 Å². The van der Waals surface area contributed by atoms with E-state index in [2.05, 4.69) is 4.98 Å². The number of hydrogen-bond acceptors (Lipinski definition) is 6. The summed E-state index contributed by atoms with van der Waals surface area (Å²) in [6.45, 7) is 2.31. The molecular weight excluding hydrogens is 514 g/mol. The van der Waals surface area contributed by atoms with Gasteiger partial charge in [0.2, 0.25) is 5.88 Å². The maximum absolute atomic E-state index is 13.5. The number of para-hydroxylation sites is 1. The number of ether oxygens (including phenoxy) is 1. The van der Waals surface area contributed by atoms with Crippen LogP contribution in [0.5, 0.6) is 11.6 Å². The second kappa shape index (κ2) is 10.3. The minimum absolute atomic E-state index is 0.0666. The Labute approximate surface area is 222 Å². The maximum Gasteiger partial charge on any atom is 0.269 e. The van der Waals surface area contributed by atoms with Gasteiger partial charge in [-0.15, -0.1) is 0 Å². The minimum atomic E-state index is -0.361. The summed E-state index contributed by atoms with van der Waals surface area (Å²) in [5.74, 6) is 0.171. The molecule has 1 fully saturated rings. The molecule has 0 N–H and O–H groups in total. The summed E-state index contributed by atoms with van der Waals surface area (Å²) in [5.41, 5.74) is 2.15. The van der Waals surface area contributed by atoms with Crippen molar-refractivity contribution in [3.05, 3.63) is 110 Å². The Morgan fingerprint density at radius 2 is 1.81 bits per heavy atom. The fraction of sp³-hybridized carbons (Fsp3) is 0.111. The summed E-state index contributed by atoms with van der Waals surface area (Å²) >= 11 is 12.9. The number of fused-ring (bicyclic) bond motifs is 1. The molecule has 6 nitrogen and oxygen atoms in total. The van der Waals surface area contributed by atoms with Crippen molar-refractivity contribution >= 4 is 57.5 Å². The third-order valence-corrected chi connectivity index (χ3v) is 7.40. The fourth-order valence-electron chi connectivity index (χ4n) is 3.83. The molecule has 1 aliphatic rings. The van der Waals surface area contributed by atoms with E-state index in [4.69, 9.17) is 28.6 Å². The number of carbonyl (C=O) groups excluding carboxylic acids is 1. The van der Waals surface area contributed by atoms with Crippen molar-refractivity contribution in [3.8, 4) is 11.6 Å². The van der Waals surface area contributed by atoms with Gasteiger partial charge in [0, 0.05) is 12.7 Å². The van der Waals surface area contributed by atoms with E-state index in [1.54, 1.807) is 41.4 Å². The Kier molecular flexibility index (Phi) is 6.91. The van der Waals surface area contributed by atoms with Crippen LogP contribution >= 0.6 is 35.6 Å². The first-order valence-electron chi connectivity index (χ1n) is 11.2. The molecule has 2 aromatic heterocycles. The van der Waals surface area contributed by atoms with Crippen molar-refractivity contribution in [2.75, 3.05) is 6.54 Å². The molecule has 4 aromatic rings. The lowest BCUT2D eigenvalue weighted by Crippen LogP contribution is -2.30. The van der Waals surface area contributed by atoms with Gasteiger partial charge in [0.25, 0.3) is 11.5 Å². The first kappa shape index (κ1) is 24.2. The number of hydrogen-bond donors (Lipinski definition) is 0. The molecular formula is C27H20ClN3O3S2. The van der Waals surface area contributed by atoms with Crippen molar-refractivity contribution in [2.24, 2.45) is 0 Å². The molecule has 5 rings (SSSR count). The number of thiocarbonyl (C=S) groups is 1. The number of aromatic nitrogens is 2. The third-order valence-electron chi connectivity index (χ3n) is 5.71. The number of nitrogens with zero attached hydrogens (tertiary/aromatic N) is 3. The van der Waals surface area contributed by atoms with Crippen molar-refractivity contribution in [1.29, 1.82) is 0 Å². The van der Waals surface area contributed by atoms with Gasteiger partial charge in [-0.05, 0) is 48.7 Å². The number of thioether (sulfide) groups is 1. The minimum Gasteiger partial charge on any atom is -0.437 e. The normalized spacial score (nSPS) is 14.7. The van der Waals surface area contributed by atoms with E-state index in [1.165, 1.54) is 10.5 Å². The van der Waals surface area contributed by atoms with Crippen molar-refractivity contribution < 1.29 is 9.53 Å². The SMILES string of the molecule is Cc1cccn2c(=O)c(/C=C3/SC(=S)N(CCc4ccccc4)C3=O)c(Oc3ccccc3Cl)nc12. The molecule has 0 unspecified atom stereocenters. The van der Waals surface area contributed by atoms with E-state index in [-0.39, 0.29) is 22.9 Å². The van der Waals surface area contributed by atoms with Crippen molar-refractivity contribution in [2.45, 2.75) is 13.3 Å². The van der Waals surface area contributed by atoms with E-state index < -0.39 is 0 Å². The van der Waals surface area contributed by atoms with Crippen LogP contribution in [0.2, 0.25) is 5.02 Å². The molecule has 0 saturated carbocycles. The van der Waals surface area contributed by atoms with Crippen LogP contribution in [0.15, 0.2) is 82.6 Å². The molecule has 180 valence electrons. The van der Waals surface area contributed by atoms with Crippen LogP contribution in [0, 0.1) is 6.92 Å². The summed E-state index contributed by atoms with van der Waals surface area (Å²) in [5, 5.41) is 0.377. The van der Waals surface area contributed by atoms with E-state index in [9.17, 15) is 9.59 Å². The predicted octanol–water partition coefficient (Wildman–Crippen LogP) is 5.89. The molecule has 0 aliphatic carbocycles. The number of carbonyl (C=O) groups is 1. The van der Waals surface area contributed by atoms with Gasteiger partial charge in [-0.1, -0.05) is 84.1 Å². The summed E-state index contributed by atoms with van der Waals surface area (Å²) in [7, 11) is 0. The molecule has 1 amide bonds. The average molecular weight is 534 g/mol. The van der Waals surface area contributed by atoms with Crippen LogP contribution in [-0.2, 0) is 11.2 Å². The first-order valence-corrected chi connectivity index (χ1v) is 12.8. The van der Waals surface area contributed by atoms with Gasteiger partial charge in [-0.25, -0.2) is 0 Å². The number of aryl methyl sites for hydroxylation is 1. The lowest BCUT2D eigenvalue weighted by Gasteiger charge is -2.14. The lowest BCUT2D eigenvalue weighted by atomic mass is 10.1. The summed E-state index contributed by atoms with van der Waals surface area (Å²) in [6.07, 6.45) is 3.82. The highest BCUT2D eigenvalue weighted by atomic mass is 35.5. The summed E-state index contributed by atoms with van der Waals surface area (Å²) in [4.78, 5) is 33.3. The molecule has 0 bridgehead atoms. The third kappa shape index (κ3) is 4.80. The van der Waals surface area contributed by atoms with Crippen LogP contribution in [0.3, 0.4) is 0 Å². The lowest BCUT2D eigenvalue weighted by molar-refractivity contribution is -0.122. The second-order valence-electron chi connectivity index (χ2n) is 8.12. The zero-order chi connectivity index (χ0) is 25.2. The Balaban J connectivity index is 1.54. The van der Waals surface area contributed by atoms with Gasteiger partial charge in [0.1, 0.15) is 21.3 Å². The Bertz CT molecular complexity index is 1580. The van der Waals surface area contributed by atoms with E-state index in [1.807, 2.05) is 43.3 Å². The standard InChI is InChI=1S/C27H20ClN3O3S2/c1-17-8-7-14-30-23(17)29-24(34-21-12-6-5-11-20(21)28)19(25(30)32)16-22-26(33)31(27(35)36-22)15-13-18-9-3-2-4-10-18/h2-12,14,16H,13,15H2,1H3/b22-16+. The molecule has 2 aromatic carbocycles. The molecule has 0 atom stereocenters. The summed E-state index contributed by atoms with van der Waals surface area (Å²) in [6, 6.07) is 20.5. The van der Waals surface area contributed by atoms with Gasteiger partial charge in [0.15, 0.2) is 0 Å². The smallest absolute Gasteiger partial charge is 0.269 e. The van der Waals surface area contributed by atoms with Gasteiger partial charge < -0.3 is 4.74 Å². The highest BCUT2D eigenvalue weighted by Gasteiger charge is 2.32. The quantitative estimate of drug-likeness (QED) is 0.227. The first-order chi connectivity index (χ1) is 17.4. The number of halogens is 1. The van der Waals surface area contributed by atoms with Crippen molar-refractivity contribution in [1.82, 2.24) is 14.3 Å². The molecule has 3 heterocycles. The van der Waals surface area contributed by atoms with Gasteiger partial charge in [-0.3, -0.25) is 18.9 Å². The molecule has 0 spiro atoms. The Morgan fingerprint density at radius 1 is 1.06 bits per heavy atom. The van der Waals surface area contributed by atoms with E-state index in [0.717, 1.165) is 22.9 Å². The number of rotatable bonds is 6. The fourth-order valence-corrected chi connectivity index (χ4v) is 5.30. The number of pyridine rings is 1. The molecule has 36 heavy (non-hydrogen) atoms. The molecule has 0 radical (unpaired) electrons. The Hall–Kier alpha value is -3.46. The maximum atomic E-state index is 13.5. The van der Waals surface area contributed by atoms with Gasteiger partial charge in [0.05, 0.1) is 9.93 Å². The zero-order valence-electron chi connectivity index (χ0n) is 19.2. The zero-order valence-corrected chi connectivity index (χ0v) is 21.6. The van der Waals surface area contributed by atoms with Crippen LogP contribution in [0.4, 0.5) is 0 Å². The van der Waals surface area contributed by atoms with Crippen LogP contribution < -0.4 is 10.3 Å². The van der Waals surface area contributed by atoms with Crippen molar-refractivity contribution in [3.63, 3.8) is 0 Å². The highest BCUT2D eigenvalue weighted by Crippen LogP contribution is 2.35. The average Bonchev–Trinajstić information content (AvgIpc) is 3.14. The predicted molar refractivity (Wildman–Crippen MR) is 148 cm³/mol. The Morgan fingerprint density at radius 3 is 2.58 bits per heavy atom. The van der Waals surface area contributed by atoms with E-state index >= 15 is 0 Å². The van der Waals surface area contributed by atoms with Gasteiger partial charge >= 0.3 is 0 Å². The van der Waals surface area contributed by atoms with Crippen LogP contribution in [-0.4, -0.2) is 31.1 Å². The molecule has 9 heteroatoms. The number of amides is 1. The second-order valence-corrected chi connectivity index (χ2v) is 10.2. The highest BCUT2D eigenvalue weighted by molar-refractivity contribution is 8.26. The number of benzene rings is 2. The van der Waals surface area contributed by atoms with Crippen LogP contribution in [0.1, 0.15) is 16.7 Å². The van der Waals surface area contributed by atoms with Gasteiger partial charge in [-0.2, -0.15) is 4.98 Å².